The summed E-state index contributed by atoms with van der Waals surface area (Å²) in [6, 6.07) is 12.3. The van der Waals surface area contributed by atoms with Gasteiger partial charge in [-0.3, -0.25) is 0 Å². The minimum absolute atomic E-state index is 0.491. The molecule has 0 aliphatic heterocycles. The molecule has 1 aromatic carbocycles. The second kappa shape index (κ2) is 5.41. The Hall–Kier alpha value is -0.860. The van der Waals surface area contributed by atoms with Gasteiger partial charge in [0.15, 0.2) is 0 Å². The lowest BCUT2D eigenvalue weighted by Crippen LogP contribution is -2.32. The Morgan fingerprint density at radius 1 is 1.17 bits per heavy atom. The second-order valence-corrected chi connectivity index (χ2v) is 6.53. The third-order valence-electron chi connectivity index (χ3n) is 3.96. The highest BCUT2D eigenvalue weighted by molar-refractivity contribution is 7.19. The number of fused-ring (bicyclic) bond motifs is 1. The Kier molecular flexibility index (Phi) is 3.67. The standard InChI is InChI=1S/C16H21NS/c1-12(17-14-8-3-2-4-9-14)16-11-13-7-5-6-10-15(13)18-16/h5-7,10-12,14,17H,2-4,8-9H2,1H3. The van der Waals surface area contributed by atoms with Gasteiger partial charge in [0.25, 0.3) is 0 Å². The Morgan fingerprint density at radius 2 is 1.94 bits per heavy atom. The molecule has 0 amide bonds. The molecule has 1 nitrogen and oxygen atoms in total. The molecule has 1 fully saturated rings. The zero-order valence-corrected chi connectivity index (χ0v) is 11.8. The van der Waals surface area contributed by atoms with Crippen LogP contribution in [0.1, 0.15) is 49.9 Å². The van der Waals surface area contributed by atoms with Crippen LogP contribution in [0.15, 0.2) is 30.3 Å². The van der Waals surface area contributed by atoms with Crippen LogP contribution in [0.3, 0.4) is 0 Å². The van der Waals surface area contributed by atoms with Gasteiger partial charge in [-0.25, -0.2) is 0 Å². The third kappa shape index (κ3) is 2.60. The molecule has 0 bridgehead atoms. The highest BCUT2D eigenvalue weighted by Gasteiger charge is 2.17. The third-order valence-corrected chi connectivity index (χ3v) is 5.26. The van der Waals surface area contributed by atoms with E-state index < -0.39 is 0 Å². The molecule has 1 heterocycles. The van der Waals surface area contributed by atoms with E-state index in [-0.39, 0.29) is 0 Å². The molecule has 0 spiro atoms. The molecule has 18 heavy (non-hydrogen) atoms. The van der Waals surface area contributed by atoms with E-state index in [1.54, 1.807) is 0 Å². The van der Waals surface area contributed by atoms with Gasteiger partial charge >= 0.3 is 0 Å². The van der Waals surface area contributed by atoms with E-state index in [9.17, 15) is 0 Å². The van der Waals surface area contributed by atoms with Crippen LogP contribution >= 0.6 is 11.3 Å². The number of nitrogens with one attached hydrogen (secondary N) is 1. The molecule has 2 aromatic rings. The van der Waals surface area contributed by atoms with Crippen LogP contribution in [0.5, 0.6) is 0 Å². The minimum atomic E-state index is 0.491. The zero-order valence-electron chi connectivity index (χ0n) is 11.0. The SMILES string of the molecule is CC(NC1CCCCC1)c1cc2ccccc2s1. The van der Waals surface area contributed by atoms with Crippen molar-refractivity contribution in [2.45, 2.75) is 51.1 Å². The summed E-state index contributed by atoms with van der Waals surface area (Å²) in [5.74, 6) is 0. The lowest BCUT2D eigenvalue weighted by atomic mass is 9.95. The van der Waals surface area contributed by atoms with Crippen LogP contribution in [0.4, 0.5) is 0 Å². The monoisotopic (exact) mass is 259 g/mol. The normalized spacial score (nSPS) is 19.2. The summed E-state index contributed by atoms with van der Waals surface area (Å²) < 4.78 is 1.41. The van der Waals surface area contributed by atoms with Crippen molar-refractivity contribution in [2.24, 2.45) is 0 Å². The Labute approximate surface area is 113 Å². The molecule has 1 unspecified atom stereocenters. The van der Waals surface area contributed by atoms with Crippen molar-refractivity contribution in [3.05, 3.63) is 35.2 Å². The van der Waals surface area contributed by atoms with Gasteiger partial charge in [0.05, 0.1) is 0 Å². The number of thiophene rings is 1. The molecular weight excluding hydrogens is 238 g/mol. The zero-order chi connectivity index (χ0) is 12.4. The van der Waals surface area contributed by atoms with Crippen LogP contribution in [0, 0.1) is 0 Å². The lowest BCUT2D eigenvalue weighted by Gasteiger charge is -2.26. The fourth-order valence-electron chi connectivity index (χ4n) is 2.92. The van der Waals surface area contributed by atoms with Crippen molar-refractivity contribution in [1.82, 2.24) is 5.32 Å². The molecule has 96 valence electrons. The van der Waals surface area contributed by atoms with E-state index in [0.717, 1.165) is 6.04 Å². The first-order chi connectivity index (χ1) is 8.83. The fourth-order valence-corrected chi connectivity index (χ4v) is 4.00. The molecule has 1 aromatic heterocycles. The van der Waals surface area contributed by atoms with E-state index in [4.69, 9.17) is 0 Å². The van der Waals surface area contributed by atoms with Gasteiger partial charge in [0.2, 0.25) is 0 Å². The van der Waals surface area contributed by atoms with Gasteiger partial charge < -0.3 is 5.32 Å². The maximum atomic E-state index is 3.81. The van der Waals surface area contributed by atoms with Gasteiger partial charge in [0, 0.05) is 21.7 Å². The maximum absolute atomic E-state index is 3.81. The number of hydrogen-bond acceptors (Lipinski definition) is 2. The van der Waals surface area contributed by atoms with Gasteiger partial charge in [-0.05, 0) is 37.3 Å². The van der Waals surface area contributed by atoms with Crippen molar-refractivity contribution in [3.63, 3.8) is 0 Å². The van der Waals surface area contributed by atoms with Crippen molar-refractivity contribution < 1.29 is 0 Å². The molecule has 1 atom stereocenters. The molecule has 1 aliphatic rings. The maximum Gasteiger partial charge on any atom is 0.0388 e. The summed E-state index contributed by atoms with van der Waals surface area (Å²) in [6.45, 7) is 2.30. The predicted molar refractivity (Wildman–Crippen MR) is 80.2 cm³/mol. The second-order valence-electron chi connectivity index (χ2n) is 5.41. The van der Waals surface area contributed by atoms with Crippen molar-refractivity contribution in [1.29, 1.82) is 0 Å². The van der Waals surface area contributed by atoms with Gasteiger partial charge in [-0.1, -0.05) is 37.5 Å². The summed E-state index contributed by atoms with van der Waals surface area (Å²) in [5, 5.41) is 5.19. The average Bonchev–Trinajstić information content (AvgIpc) is 2.84. The van der Waals surface area contributed by atoms with E-state index in [1.165, 1.54) is 47.1 Å². The van der Waals surface area contributed by atoms with Crippen LogP contribution in [0.25, 0.3) is 10.1 Å². The average molecular weight is 259 g/mol. The van der Waals surface area contributed by atoms with Crippen molar-refractivity contribution in [2.75, 3.05) is 0 Å². The van der Waals surface area contributed by atoms with Gasteiger partial charge in [0.1, 0.15) is 0 Å². The summed E-state index contributed by atoms with van der Waals surface area (Å²) in [6.07, 6.45) is 6.94. The number of hydrogen-bond donors (Lipinski definition) is 1. The predicted octanol–water partition coefficient (Wildman–Crippen LogP) is 4.88. The number of rotatable bonds is 3. The minimum Gasteiger partial charge on any atom is -0.307 e. The molecule has 0 saturated heterocycles. The van der Waals surface area contributed by atoms with Crippen LogP contribution in [-0.2, 0) is 0 Å². The largest absolute Gasteiger partial charge is 0.307 e. The number of benzene rings is 1. The summed E-state index contributed by atoms with van der Waals surface area (Å²) >= 11 is 1.93. The van der Waals surface area contributed by atoms with Crippen molar-refractivity contribution in [3.8, 4) is 0 Å². The Morgan fingerprint density at radius 3 is 2.72 bits per heavy atom. The quantitative estimate of drug-likeness (QED) is 0.828. The first-order valence-corrected chi connectivity index (χ1v) is 7.89. The van der Waals surface area contributed by atoms with Gasteiger partial charge in [-0.15, -0.1) is 11.3 Å². The van der Waals surface area contributed by atoms with E-state index in [2.05, 4.69) is 42.6 Å². The molecule has 1 N–H and O–H groups in total. The van der Waals surface area contributed by atoms with Crippen LogP contribution in [0.2, 0.25) is 0 Å². The molecule has 1 aliphatic carbocycles. The van der Waals surface area contributed by atoms with E-state index in [0.29, 0.717) is 6.04 Å². The lowest BCUT2D eigenvalue weighted by molar-refractivity contribution is 0.348. The summed E-state index contributed by atoms with van der Waals surface area (Å²) in [4.78, 5) is 1.47. The van der Waals surface area contributed by atoms with E-state index in [1.807, 2.05) is 11.3 Å². The van der Waals surface area contributed by atoms with E-state index >= 15 is 0 Å². The van der Waals surface area contributed by atoms with Gasteiger partial charge in [-0.2, -0.15) is 0 Å². The van der Waals surface area contributed by atoms with Crippen LogP contribution in [-0.4, -0.2) is 6.04 Å². The molecule has 3 rings (SSSR count). The Bertz CT molecular complexity index is 478. The summed E-state index contributed by atoms with van der Waals surface area (Å²) in [5.41, 5.74) is 0. The highest BCUT2D eigenvalue weighted by atomic mass is 32.1. The van der Waals surface area contributed by atoms with Crippen molar-refractivity contribution >= 4 is 21.4 Å². The summed E-state index contributed by atoms with van der Waals surface area (Å²) in [7, 11) is 0. The fraction of sp³-hybridized carbons (Fsp3) is 0.500. The molecule has 1 saturated carbocycles. The molecule has 2 heteroatoms. The van der Waals surface area contributed by atoms with Crippen LogP contribution < -0.4 is 5.32 Å². The highest BCUT2D eigenvalue weighted by Crippen LogP contribution is 2.30. The smallest absolute Gasteiger partial charge is 0.0388 e. The topological polar surface area (TPSA) is 12.0 Å². The molecule has 0 radical (unpaired) electrons. The first-order valence-electron chi connectivity index (χ1n) is 7.07. The first kappa shape index (κ1) is 12.2. The molecular formula is C16H21NS. The Balaban J connectivity index is 1.72.